The Bertz CT molecular complexity index is 730. The minimum absolute atomic E-state index is 0.781. The number of hydrogen-bond acceptors (Lipinski definition) is 0. The molecule has 3 aromatic carbocycles. The van der Waals surface area contributed by atoms with Crippen molar-refractivity contribution >= 4 is 44.7 Å². The van der Waals surface area contributed by atoms with Crippen LogP contribution in [0, 0.1) is 6.92 Å². The van der Waals surface area contributed by atoms with Crippen LogP contribution in [0.4, 0.5) is 0 Å². The van der Waals surface area contributed by atoms with Gasteiger partial charge in [-0.15, -0.1) is 0 Å². The zero-order chi connectivity index (χ0) is 12.0. The highest BCUT2D eigenvalue weighted by Crippen LogP contribution is 2.39. The summed E-state index contributed by atoms with van der Waals surface area (Å²) in [6.07, 6.45) is 0. The average molecular weight is 261 g/mol. The minimum atomic E-state index is 0.781. The fourth-order valence-electron chi connectivity index (χ4n) is 2.29. The molecule has 17 heavy (non-hydrogen) atoms. The normalized spacial score (nSPS) is 11.2. The quantitative estimate of drug-likeness (QED) is 0.461. The van der Waals surface area contributed by atoms with E-state index in [1.807, 2.05) is 36.4 Å². The van der Waals surface area contributed by atoms with Crippen molar-refractivity contribution in [1.82, 2.24) is 0 Å². The van der Waals surface area contributed by atoms with Crippen LogP contribution in [0.15, 0.2) is 42.5 Å². The summed E-state index contributed by atoms with van der Waals surface area (Å²) in [4.78, 5) is 0. The lowest BCUT2D eigenvalue weighted by Crippen LogP contribution is -1.84. The maximum absolute atomic E-state index is 6.49. The van der Waals surface area contributed by atoms with Gasteiger partial charge in [0.15, 0.2) is 0 Å². The van der Waals surface area contributed by atoms with Crippen LogP contribution in [-0.4, -0.2) is 0 Å². The van der Waals surface area contributed by atoms with Gasteiger partial charge in [0.1, 0.15) is 0 Å². The lowest BCUT2D eigenvalue weighted by molar-refractivity contribution is 1.54. The topological polar surface area (TPSA) is 0 Å². The van der Waals surface area contributed by atoms with Gasteiger partial charge in [0.2, 0.25) is 0 Å². The first kappa shape index (κ1) is 10.9. The van der Waals surface area contributed by atoms with E-state index < -0.39 is 0 Å². The Labute approximate surface area is 110 Å². The first-order chi connectivity index (χ1) is 8.20. The molecule has 3 aromatic rings. The van der Waals surface area contributed by atoms with Crippen LogP contribution in [0.3, 0.4) is 0 Å². The summed E-state index contributed by atoms with van der Waals surface area (Å²) in [5, 5.41) is 5.67. The van der Waals surface area contributed by atoms with Crippen molar-refractivity contribution in [2.45, 2.75) is 6.92 Å². The smallest absolute Gasteiger partial charge is 0.0566 e. The van der Waals surface area contributed by atoms with Crippen molar-refractivity contribution in [2.75, 3.05) is 0 Å². The van der Waals surface area contributed by atoms with E-state index in [9.17, 15) is 0 Å². The van der Waals surface area contributed by atoms with Gasteiger partial charge in [-0.25, -0.2) is 0 Å². The van der Waals surface area contributed by atoms with Crippen LogP contribution in [0.2, 0.25) is 10.0 Å². The average Bonchev–Trinajstić information content (AvgIpc) is 2.36. The summed E-state index contributed by atoms with van der Waals surface area (Å²) >= 11 is 13.0. The Morgan fingerprint density at radius 3 is 2.00 bits per heavy atom. The SMILES string of the molecule is Cc1cccc2c(Cl)c3ccccc3c(Cl)c12. The van der Waals surface area contributed by atoms with Crippen LogP contribution in [-0.2, 0) is 0 Å². The van der Waals surface area contributed by atoms with Crippen LogP contribution in [0.25, 0.3) is 21.5 Å². The van der Waals surface area contributed by atoms with Gasteiger partial charge in [0.05, 0.1) is 10.0 Å². The fourth-order valence-corrected chi connectivity index (χ4v) is 3.03. The largest absolute Gasteiger partial charge is 0.0830 e. The number of aryl methyl sites for hydroxylation is 1. The lowest BCUT2D eigenvalue weighted by atomic mass is 10.00. The third kappa shape index (κ3) is 1.52. The van der Waals surface area contributed by atoms with Crippen molar-refractivity contribution in [1.29, 1.82) is 0 Å². The van der Waals surface area contributed by atoms with Crippen molar-refractivity contribution in [3.63, 3.8) is 0 Å². The molecular weight excluding hydrogens is 251 g/mol. The second-order valence-corrected chi connectivity index (χ2v) is 4.93. The third-order valence-electron chi connectivity index (χ3n) is 3.13. The minimum Gasteiger partial charge on any atom is -0.0830 e. The van der Waals surface area contributed by atoms with Gasteiger partial charge in [0.25, 0.3) is 0 Å². The Morgan fingerprint density at radius 1 is 0.706 bits per heavy atom. The van der Waals surface area contributed by atoms with Gasteiger partial charge >= 0.3 is 0 Å². The van der Waals surface area contributed by atoms with Crippen molar-refractivity contribution in [3.05, 3.63) is 58.1 Å². The van der Waals surface area contributed by atoms with Gasteiger partial charge in [-0.05, 0) is 12.5 Å². The molecule has 0 aliphatic rings. The summed E-state index contributed by atoms with van der Waals surface area (Å²) in [6, 6.07) is 14.1. The summed E-state index contributed by atoms with van der Waals surface area (Å²) in [7, 11) is 0. The maximum Gasteiger partial charge on any atom is 0.0566 e. The molecule has 0 amide bonds. The molecule has 0 saturated carbocycles. The van der Waals surface area contributed by atoms with Crippen LogP contribution < -0.4 is 0 Å². The monoisotopic (exact) mass is 260 g/mol. The Kier molecular flexibility index (Phi) is 2.50. The number of rotatable bonds is 0. The maximum atomic E-state index is 6.49. The zero-order valence-electron chi connectivity index (χ0n) is 9.30. The predicted molar refractivity (Wildman–Crippen MR) is 76.2 cm³/mol. The molecule has 0 fully saturated rings. The summed E-state index contributed by atoms with van der Waals surface area (Å²) in [6.45, 7) is 2.05. The Morgan fingerprint density at radius 2 is 1.29 bits per heavy atom. The molecule has 0 aliphatic heterocycles. The molecule has 0 N–H and O–H groups in total. The van der Waals surface area contributed by atoms with Crippen LogP contribution in [0.5, 0.6) is 0 Å². The van der Waals surface area contributed by atoms with Crippen molar-refractivity contribution in [3.8, 4) is 0 Å². The molecule has 2 heteroatoms. The van der Waals surface area contributed by atoms with Gasteiger partial charge < -0.3 is 0 Å². The van der Waals surface area contributed by atoms with Crippen molar-refractivity contribution < 1.29 is 0 Å². The van der Waals surface area contributed by atoms with Gasteiger partial charge in [0, 0.05) is 21.5 Å². The standard InChI is InChI=1S/C15H10Cl2/c1-9-5-4-8-12-13(9)15(17)11-7-3-2-6-10(11)14(12)16/h2-8H,1H3. The molecule has 0 radical (unpaired) electrons. The van der Waals surface area contributed by atoms with E-state index in [1.165, 1.54) is 0 Å². The molecule has 0 bridgehead atoms. The van der Waals surface area contributed by atoms with Gasteiger partial charge in [-0.1, -0.05) is 65.7 Å². The number of fused-ring (bicyclic) bond motifs is 2. The molecule has 0 atom stereocenters. The van der Waals surface area contributed by atoms with Crippen LogP contribution in [0.1, 0.15) is 5.56 Å². The zero-order valence-corrected chi connectivity index (χ0v) is 10.8. The number of halogens is 2. The summed E-state index contributed by atoms with van der Waals surface area (Å²) in [5.41, 5.74) is 1.15. The van der Waals surface area contributed by atoms with E-state index in [4.69, 9.17) is 23.2 Å². The second-order valence-electron chi connectivity index (χ2n) is 4.17. The molecule has 0 heterocycles. The predicted octanol–water partition coefficient (Wildman–Crippen LogP) is 5.61. The molecule has 3 rings (SSSR count). The van der Waals surface area contributed by atoms with E-state index in [2.05, 4.69) is 13.0 Å². The lowest BCUT2D eigenvalue weighted by Gasteiger charge is -2.10. The number of hydrogen-bond donors (Lipinski definition) is 0. The molecule has 0 spiro atoms. The molecule has 0 aliphatic carbocycles. The van der Waals surface area contributed by atoms with Crippen molar-refractivity contribution in [2.24, 2.45) is 0 Å². The second kappa shape index (κ2) is 3.90. The van der Waals surface area contributed by atoms with E-state index >= 15 is 0 Å². The first-order valence-corrected chi connectivity index (χ1v) is 6.21. The first-order valence-electron chi connectivity index (χ1n) is 5.45. The van der Waals surface area contributed by atoms with E-state index in [0.29, 0.717) is 0 Å². The fraction of sp³-hybridized carbons (Fsp3) is 0.0667. The van der Waals surface area contributed by atoms with E-state index in [-0.39, 0.29) is 0 Å². The summed E-state index contributed by atoms with van der Waals surface area (Å²) < 4.78 is 0. The van der Waals surface area contributed by atoms with E-state index in [1.54, 1.807) is 0 Å². The third-order valence-corrected chi connectivity index (χ3v) is 3.93. The van der Waals surface area contributed by atoms with E-state index in [0.717, 1.165) is 37.2 Å². The summed E-state index contributed by atoms with van der Waals surface area (Å²) in [5.74, 6) is 0. The Hall–Kier alpha value is -1.24. The molecule has 0 aromatic heterocycles. The van der Waals surface area contributed by atoms with Gasteiger partial charge in [-0.2, -0.15) is 0 Å². The van der Waals surface area contributed by atoms with Gasteiger partial charge in [-0.3, -0.25) is 0 Å². The highest BCUT2D eigenvalue weighted by atomic mass is 35.5. The highest BCUT2D eigenvalue weighted by molar-refractivity contribution is 6.47. The molecule has 0 unspecified atom stereocenters. The number of benzene rings is 3. The molecule has 0 nitrogen and oxygen atoms in total. The molecular formula is C15H10Cl2. The molecule has 84 valence electrons. The Balaban J connectivity index is 2.69. The highest BCUT2D eigenvalue weighted by Gasteiger charge is 2.11. The molecule has 0 saturated heterocycles. The van der Waals surface area contributed by atoms with Crippen LogP contribution >= 0.6 is 23.2 Å².